The Morgan fingerprint density at radius 3 is 2.13 bits per heavy atom. The monoisotopic (exact) mass is 410 g/mol. The quantitative estimate of drug-likeness (QED) is 0.436. The Kier molecular flexibility index (Phi) is 8.16. The van der Waals surface area contributed by atoms with Gasteiger partial charge in [0.15, 0.2) is 0 Å². The van der Waals surface area contributed by atoms with Gasteiger partial charge >= 0.3 is 0 Å². The van der Waals surface area contributed by atoms with E-state index >= 15 is 0 Å². The molecule has 2 rings (SSSR count). The summed E-state index contributed by atoms with van der Waals surface area (Å²) in [6.07, 6.45) is 11.5. The van der Waals surface area contributed by atoms with Crippen LogP contribution in [-0.4, -0.2) is 15.8 Å². The molecule has 0 saturated carbocycles. The minimum absolute atomic E-state index is 0.00157. The molecule has 0 fully saturated rings. The highest BCUT2D eigenvalue weighted by molar-refractivity contribution is 5.69. The molecular weight excluding hydrogens is 368 g/mol. The summed E-state index contributed by atoms with van der Waals surface area (Å²) in [5.41, 5.74) is 5.78. The molecule has 2 heteroatoms. The maximum Gasteiger partial charge on any atom is 0.0953 e. The molecule has 0 amide bonds. The Bertz CT molecular complexity index is 817. The lowest BCUT2D eigenvalue weighted by Crippen LogP contribution is -2.29. The second kappa shape index (κ2) is 10.0. The molecule has 0 bridgehead atoms. The highest BCUT2D eigenvalue weighted by Gasteiger charge is 2.35. The predicted molar refractivity (Wildman–Crippen MR) is 130 cm³/mol. The van der Waals surface area contributed by atoms with Crippen molar-refractivity contribution >= 4 is 5.57 Å². The lowest BCUT2D eigenvalue weighted by Gasteiger charge is -2.38. The van der Waals surface area contributed by atoms with Gasteiger partial charge in [-0.05, 0) is 79.9 Å². The Hall–Kier alpha value is -1.80. The van der Waals surface area contributed by atoms with Gasteiger partial charge in [-0.25, -0.2) is 0 Å². The van der Waals surface area contributed by atoms with Crippen molar-refractivity contribution in [3.63, 3.8) is 0 Å². The lowest BCUT2D eigenvalue weighted by atomic mass is 9.66. The fourth-order valence-electron chi connectivity index (χ4n) is 4.98. The average molecular weight is 411 g/mol. The van der Waals surface area contributed by atoms with Crippen molar-refractivity contribution in [2.24, 2.45) is 5.92 Å². The van der Waals surface area contributed by atoms with Crippen LogP contribution in [0.25, 0.3) is 5.57 Å². The van der Waals surface area contributed by atoms with Crippen molar-refractivity contribution in [3.05, 3.63) is 64.4 Å². The van der Waals surface area contributed by atoms with Crippen molar-refractivity contribution in [2.45, 2.75) is 98.0 Å². The first kappa shape index (κ1) is 24.5. The molecule has 2 nitrogen and oxygen atoms in total. The van der Waals surface area contributed by atoms with Gasteiger partial charge in [0.05, 0.1) is 11.4 Å². The third-order valence-electron chi connectivity index (χ3n) is 7.48. The van der Waals surface area contributed by atoms with Crippen molar-refractivity contribution in [1.29, 1.82) is 0 Å². The van der Waals surface area contributed by atoms with Crippen molar-refractivity contribution < 1.29 is 10.2 Å². The molecule has 0 heterocycles. The molecule has 0 radical (unpaired) electrons. The van der Waals surface area contributed by atoms with Gasteiger partial charge in [-0.1, -0.05) is 71.4 Å². The number of benzene rings is 1. The first-order valence-electron chi connectivity index (χ1n) is 11.9. The van der Waals surface area contributed by atoms with Gasteiger partial charge in [0.1, 0.15) is 0 Å². The minimum Gasteiger partial charge on any atom is -0.512 e. The van der Waals surface area contributed by atoms with Gasteiger partial charge < -0.3 is 10.2 Å². The SMILES string of the molecule is CC/C(=C\C(O)(CC)CC)c1ccc(C(CC)(CC)C2=CC=C(O)C(C)C2)cc1C. The summed E-state index contributed by atoms with van der Waals surface area (Å²) in [7, 11) is 0. The summed E-state index contributed by atoms with van der Waals surface area (Å²) >= 11 is 0. The van der Waals surface area contributed by atoms with Crippen LogP contribution in [0.5, 0.6) is 0 Å². The standard InChI is InChI=1S/C28H42O2/c1-8-22(19-27(30,9-2)10-3)25-15-13-23(17-20(25)6)28(11-4,12-5)24-14-16-26(29)21(7)18-24/h13-17,19,21,29-30H,8-12,18H2,1-7H3/b22-19+. The van der Waals surface area contributed by atoms with Gasteiger partial charge in [0, 0.05) is 11.3 Å². The fourth-order valence-corrected chi connectivity index (χ4v) is 4.98. The second-order valence-corrected chi connectivity index (χ2v) is 9.04. The Labute approximate surface area is 184 Å². The topological polar surface area (TPSA) is 40.5 Å². The van der Waals surface area contributed by atoms with Gasteiger partial charge in [0.25, 0.3) is 0 Å². The van der Waals surface area contributed by atoms with E-state index in [2.05, 4.69) is 65.0 Å². The molecule has 0 spiro atoms. The molecule has 30 heavy (non-hydrogen) atoms. The van der Waals surface area contributed by atoms with Gasteiger partial charge in [-0.2, -0.15) is 0 Å². The average Bonchev–Trinajstić information content (AvgIpc) is 2.76. The first-order valence-corrected chi connectivity index (χ1v) is 11.9. The van der Waals surface area contributed by atoms with E-state index in [0.29, 0.717) is 5.76 Å². The minimum atomic E-state index is -0.732. The number of aliphatic hydroxyl groups excluding tert-OH is 1. The van der Waals surface area contributed by atoms with Crippen LogP contribution in [0.15, 0.2) is 47.8 Å². The van der Waals surface area contributed by atoms with Gasteiger partial charge in [-0.15, -0.1) is 0 Å². The van der Waals surface area contributed by atoms with E-state index in [0.717, 1.165) is 38.5 Å². The van der Waals surface area contributed by atoms with Gasteiger partial charge in [-0.3, -0.25) is 0 Å². The number of aliphatic hydroxyl groups is 2. The third kappa shape index (κ3) is 4.75. The largest absolute Gasteiger partial charge is 0.512 e. The van der Waals surface area contributed by atoms with Crippen molar-refractivity contribution in [2.75, 3.05) is 0 Å². The zero-order valence-electron chi connectivity index (χ0n) is 20.2. The smallest absolute Gasteiger partial charge is 0.0953 e. The van der Waals surface area contributed by atoms with Crippen LogP contribution in [-0.2, 0) is 5.41 Å². The van der Waals surface area contributed by atoms with E-state index in [9.17, 15) is 10.2 Å². The lowest BCUT2D eigenvalue weighted by molar-refractivity contribution is 0.0832. The van der Waals surface area contributed by atoms with E-state index in [4.69, 9.17) is 0 Å². The molecule has 2 N–H and O–H groups in total. The Morgan fingerprint density at radius 2 is 1.67 bits per heavy atom. The van der Waals surface area contributed by atoms with E-state index < -0.39 is 5.60 Å². The highest BCUT2D eigenvalue weighted by Crippen LogP contribution is 2.44. The maximum atomic E-state index is 10.8. The summed E-state index contributed by atoms with van der Waals surface area (Å²) in [6, 6.07) is 6.90. The molecule has 0 aromatic heterocycles. The van der Waals surface area contributed by atoms with Crippen LogP contribution < -0.4 is 0 Å². The molecule has 1 unspecified atom stereocenters. The van der Waals surface area contributed by atoms with E-state index in [1.54, 1.807) is 0 Å². The number of aryl methyl sites for hydroxylation is 1. The van der Waals surface area contributed by atoms with Crippen LogP contribution in [0.1, 0.15) is 96.8 Å². The molecule has 1 aliphatic carbocycles. The van der Waals surface area contributed by atoms with Crippen LogP contribution in [0.3, 0.4) is 0 Å². The summed E-state index contributed by atoms with van der Waals surface area (Å²) in [4.78, 5) is 0. The van der Waals surface area contributed by atoms with E-state index in [1.807, 2.05) is 19.9 Å². The number of hydrogen-bond donors (Lipinski definition) is 2. The first-order chi connectivity index (χ1) is 14.2. The molecule has 1 aromatic rings. The fraction of sp³-hybridized carbons (Fsp3) is 0.571. The van der Waals surface area contributed by atoms with E-state index in [-0.39, 0.29) is 11.3 Å². The maximum absolute atomic E-state index is 10.8. The molecular formula is C28H42O2. The molecule has 1 atom stereocenters. The zero-order chi connectivity index (χ0) is 22.5. The third-order valence-corrected chi connectivity index (χ3v) is 7.48. The molecule has 166 valence electrons. The van der Waals surface area contributed by atoms with Crippen molar-refractivity contribution in [1.82, 2.24) is 0 Å². The summed E-state index contributed by atoms with van der Waals surface area (Å²) in [5.74, 6) is 0.668. The van der Waals surface area contributed by atoms with Crippen LogP contribution in [0.4, 0.5) is 0 Å². The number of allylic oxidation sites excluding steroid dienone is 5. The zero-order valence-corrected chi connectivity index (χ0v) is 20.2. The van der Waals surface area contributed by atoms with Crippen LogP contribution in [0.2, 0.25) is 0 Å². The van der Waals surface area contributed by atoms with Crippen molar-refractivity contribution in [3.8, 4) is 0 Å². The summed E-state index contributed by atoms with van der Waals surface area (Å²) in [6.45, 7) is 15.1. The second-order valence-electron chi connectivity index (χ2n) is 9.04. The Morgan fingerprint density at radius 1 is 1.03 bits per heavy atom. The highest BCUT2D eigenvalue weighted by atomic mass is 16.3. The predicted octanol–water partition coefficient (Wildman–Crippen LogP) is 7.81. The molecule has 0 aliphatic heterocycles. The Balaban J connectivity index is 2.54. The van der Waals surface area contributed by atoms with E-state index in [1.165, 1.54) is 27.8 Å². The summed E-state index contributed by atoms with van der Waals surface area (Å²) < 4.78 is 0. The molecule has 0 saturated heterocycles. The molecule has 1 aliphatic rings. The van der Waals surface area contributed by atoms with Crippen LogP contribution >= 0.6 is 0 Å². The van der Waals surface area contributed by atoms with Crippen LogP contribution in [0, 0.1) is 12.8 Å². The van der Waals surface area contributed by atoms with Gasteiger partial charge in [0.2, 0.25) is 0 Å². The summed E-state index contributed by atoms with van der Waals surface area (Å²) in [5, 5.41) is 20.9. The molecule has 1 aromatic carbocycles. The number of hydrogen-bond acceptors (Lipinski definition) is 2. The number of rotatable bonds is 9. The normalized spacial score (nSPS) is 18.3.